The highest BCUT2D eigenvalue weighted by Crippen LogP contribution is 2.55. The number of anilines is 2. The van der Waals surface area contributed by atoms with Crippen molar-refractivity contribution >= 4 is 22.3 Å². The Morgan fingerprint density at radius 3 is 2.46 bits per heavy atom. The second-order valence-corrected chi connectivity index (χ2v) is 12.6. The number of rotatable bonds is 8. The fourth-order valence-corrected chi connectivity index (χ4v) is 5.50. The van der Waals surface area contributed by atoms with Gasteiger partial charge in [-0.05, 0) is 54.5 Å². The molecule has 0 spiro atoms. The number of hydrogen-bond acceptors (Lipinski definition) is 9. The monoisotopic (exact) mass is 625 g/mol. The quantitative estimate of drug-likeness (QED) is 0.207. The number of nitrogens with one attached hydrogen (secondary N) is 2. The summed E-state index contributed by atoms with van der Waals surface area (Å²) in [5.41, 5.74) is 2.25. The van der Waals surface area contributed by atoms with Crippen LogP contribution in [0.4, 0.5) is 24.5 Å². The van der Waals surface area contributed by atoms with Crippen LogP contribution in [0.3, 0.4) is 0 Å². The molecule has 5 aromatic rings. The predicted molar refractivity (Wildman–Crippen MR) is 164 cm³/mol. The Labute approximate surface area is 262 Å². The molecule has 1 fully saturated rings. The first-order valence-corrected chi connectivity index (χ1v) is 14.6. The van der Waals surface area contributed by atoms with Crippen molar-refractivity contribution in [2.75, 3.05) is 17.2 Å². The summed E-state index contributed by atoms with van der Waals surface area (Å²) in [5, 5.41) is 43.5. The Balaban J connectivity index is 1.50. The second-order valence-electron chi connectivity index (χ2n) is 12.6. The van der Waals surface area contributed by atoms with E-state index in [2.05, 4.69) is 69.2 Å². The van der Waals surface area contributed by atoms with E-state index in [4.69, 9.17) is 0 Å². The summed E-state index contributed by atoms with van der Waals surface area (Å²) in [6.07, 6.45) is 1.38. The van der Waals surface area contributed by atoms with Crippen molar-refractivity contribution in [2.45, 2.75) is 58.3 Å². The Morgan fingerprint density at radius 1 is 1.07 bits per heavy atom. The largest absolute Gasteiger partial charge is 0.413 e. The van der Waals surface area contributed by atoms with Crippen LogP contribution in [0.25, 0.3) is 16.6 Å². The van der Waals surface area contributed by atoms with Crippen molar-refractivity contribution < 1.29 is 13.2 Å². The Kier molecular flexibility index (Phi) is 7.39. The SMILES string of the molecule is Cc1c(C(Nc2cc(C#N)c3ncc(C#N)c(NCC(C)(C)C)c3c2)c2cn(C3(C(F)(F)F)CC3)nn2)cccc1-n1ccnn1. The molecule has 2 N–H and O–H groups in total. The van der Waals surface area contributed by atoms with E-state index >= 15 is 0 Å². The van der Waals surface area contributed by atoms with Crippen LogP contribution in [-0.2, 0) is 5.54 Å². The molecule has 3 aromatic heterocycles. The standard InChI is InChI=1S/C32H30F3N11/c1-19-23(6-5-7-26(19)45-11-10-40-43-45)29(25-17-46(44-42-25)31(8-9-31)32(33,34)35)41-22-12-20(14-36)27-24(13-22)28(21(15-37)16-38-27)39-18-30(2,3)4/h5-7,10-13,16-17,29,41H,8-9,18H2,1-4H3,(H,38,39). The number of hydrogen-bond donors (Lipinski definition) is 2. The minimum absolute atomic E-state index is 0.0764. The Bertz CT molecular complexity index is 2000. The maximum absolute atomic E-state index is 14.0. The number of aromatic nitrogens is 7. The summed E-state index contributed by atoms with van der Waals surface area (Å²) >= 11 is 0. The number of fused-ring (bicyclic) bond motifs is 1. The third-order valence-electron chi connectivity index (χ3n) is 8.14. The van der Waals surface area contributed by atoms with E-state index in [1.807, 2.05) is 25.1 Å². The van der Waals surface area contributed by atoms with Gasteiger partial charge in [-0.2, -0.15) is 23.7 Å². The predicted octanol–water partition coefficient (Wildman–Crippen LogP) is 6.17. The second kappa shape index (κ2) is 11.1. The molecule has 0 amide bonds. The molecule has 2 aromatic carbocycles. The molecular weight excluding hydrogens is 595 g/mol. The lowest BCUT2D eigenvalue weighted by atomic mass is 9.95. The van der Waals surface area contributed by atoms with Gasteiger partial charge in [-0.3, -0.25) is 4.98 Å². The van der Waals surface area contributed by atoms with Crippen LogP contribution in [-0.4, -0.2) is 47.7 Å². The van der Waals surface area contributed by atoms with Gasteiger partial charge in [-0.15, -0.1) is 10.2 Å². The molecule has 0 aliphatic heterocycles. The van der Waals surface area contributed by atoms with E-state index in [0.29, 0.717) is 39.9 Å². The van der Waals surface area contributed by atoms with Gasteiger partial charge in [0.05, 0.1) is 52.7 Å². The van der Waals surface area contributed by atoms with Crippen molar-refractivity contribution in [1.82, 2.24) is 35.0 Å². The highest BCUT2D eigenvalue weighted by Gasteiger charge is 2.66. The van der Waals surface area contributed by atoms with Crippen molar-refractivity contribution in [2.24, 2.45) is 5.41 Å². The molecular formula is C32H30F3N11. The lowest BCUT2D eigenvalue weighted by Gasteiger charge is -2.23. The fraction of sp³-hybridized carbons (Fsp3) is 0.344. The molecule has 0 saturated heterocycles. The molecule has 1 saturated carbocycles. The van der Waals surface area contributed by atoms with Crippen LogP contribution in [0.15, 0.2) is 55.1 Å². The van der Waals surface area contributed by atoms with Crippen molar-refractivity contribution in [1.29, 1.82) is 10.5 Å². The highest BCUT2D eigenvalue weighted by atomic mass is 19.4. The van der Waals surface area contributed by atoms with Gasteiger partial charge in [-0.25, -0.2) is 9.36 Å². The van der Waals surface area contributed by atoms with E-state index < -0.39 is 17.8 Å². The van der Waals surface area contributed by atoms with Gasteiger partial charge in [0.15, 0.2) is 5.54 Å². The summed E-state index contributed by atoms with van der Waals surface area (Å²) in [6, 6.07) is 12.5. The van der Waals surface area contributed by atoms with E-state index in [0.717, 1.165) is 15.9 Å². The molecule has 1 atom stereocenters. The zero-order valence-corrected chi connectivity index (χ0v) is 25.6. The van der Waals surface area contributed by atoms with Crippen molar-refractivity contribution in [3.63, 3.8) is 0 Å². The van der Waals surface area contributed by atoms with Crippen molar-refractivity contribution in [3.05, 3.63) is 83.1 Å². The van der Waals surface area contributed by atoms with Crippen LogP contribution in [0.1, 0.15) is 67.6 Å². The first-order chi connectivity index (χ1) is 21.8. The van der Waals surface area contributed by atoms with Gasteiger partial charge in [0.25, 0.3) is 0 Å². The maximum Gasteiger partial charge on any atom is 0.413 e. The first-order valence-electron chi connectivity index (χ1n) is 14.6. The number of nitrogens with zero attached hydrogens (tertiary/aromatic N) is 9. The molecule has 234 valence electrons. The molecule has 46 heavy (non-hydrogen) atoms. The van der Waals surface area contributed by atoms with Crippen LogP contribution in [0.5, 0.6) is 0 Å². The van der Waals surface area contributed by atoms with E-state index in [9.17, 15) is 23.7 Å². The number of pyridine rings is 1. The number of halogens is 3. The van der Waals surface area contributed by atoms with Gasteiger partial charge >= 0.3 is 6.18 Å². The molecule has 0 bridgehead atoms. The summed E-state index contributed by atoms with van der Waals surface area (Å²) in [4.78, 5) is 4.42. The van der Waals surface area contributed by atoms with E-state index in [1.54, 1.807) is 29.2 Å². The summed E-state index contributed by atoms with van der Waals surface area (Å²) in [5.74, 6) is 0. The zero-order valence-electron chi connectivity index (χ0n) is 25.6. The number of benzene rings is 2. The lowest BCUT2D eigenvalue weighted by molar-refractivity contribution is -0.182. The van der Waals surface area contributed by atoms with Crippen LogP contribution in [0, 0.1) is 35.0 Å². The maximum atomic E-state index is 14.0. The number of nitriles is 2. The Hall–Kier alpha value is -5.50. The molecule has 3 heterocycles. The summed E-state index contributed by atoms with van der Waals surface area (Å²) in [7, 11) is 0. The van der Waals surface area contributed by atoms with Gasteiger partial charge < -0.3 is 10.6 Å². The minimum Gasteiger partial charge on any atom is -0.383 e. The highest BCUT2D eigenvalue weighted by molar-refractivity contribution is 5.99. The number of alkyl halides is 3. The topological polar surface area (TPSA) is 146 Å². The first kappa shape index (κ1) is 30.5. The molecule has 14 heteroatoms. The van der Waals surface area contributed by atoms with Crippen LogP contribution >= 0.6 is 0 Å². The smallest absolute Gasteiger partial charge is 0.383 e. The van der Waals surface area contributed by atoms with Gasteiger partial charge in [0.1, 0.15) is 17.8 Å². The molecule has 0 radical (unpaired) electrons. The molecule has 1 aliphatic carbocycles. The third-order valence-corrected chi connectivity index (χ3v) is 8.14. The van der Waals surface area contributed by atoms with E-state index in [-0.39, 0.29) is 29.5 Å². The lowest BCUT2D eigenvalue weighted by Crippen LogP contribution is -2.35. The molecule has 11 nitrogen and oxygen atoms in total. The van der Waals surface area contributed by atoms with Gasteiger partial charge in [0.2, 0.25) is 0 Å². The average Bonchev–Trinajstić information content (AvgIpc) is 3.41. The fourth-order valence-electron chi connectivity index (χ4n) is 5.50. The van der Waals surface area contributed by atoms with Gasteiger partial charge in [0, 0.05) is 23.8 Å². The zero-order chi connectivity index (χ0) is 32.9. The van der Waals surface area contributed by atoms with E-state index in [1.165, 1.54) is 12.4 Å². The van der Waals surface area contributed by atoms with Gasteiger partial charge in [-0.1, -0.05) is 43.3 Å². The van der Waals surface area contributed by atoms with Crippen molar-refractivity contribution in [3.8, 4) is 17.8 Å². The molecule has 1 unspecified atom stereocenters. The van der Waals surface area contributed by atoms with Crippen LogP contribution < -0.4 is 10.6 Å². The normalized spacial score (nSPS) is 14.8. The summed E-state index contributed by atoms with van der Waals surface area (Å²) < 4.78 is 44.6. The Morgan fingerprint density at radius 2 is 1.83 bits per heavy atom. The minimum atomic E-state index is -4.48. The average molecular weight is 626 g/mol. The molecule has 1 aliphatic rings. The summed E-state index contributed by atoms with van der Waals surface area (Å²) in [6.45, 7) is 8.59. The van der Waals surface area contributed by atoms with Crippen LogP contribution in [0.2, 0.25) is 0 Å². The molecule has 6 rings (SSSR count). The third kappa shape index (κ3) is 5.47.